The lowest BCUT2D eigenvalue weighted by atomic mass is 10.1. The van der Waals surface area contributed by atoms with E-state index < -0.39 is 0 Å². The number of aromatic nitrogens is 2. The highest BCUT2D eigenvalue weighted by molar-refractivity contribution is 7.99. The summed E-state index contributed by atoms with van der Waals surface area (Å²) in [5.74, 6) is 0. The van der Waals surface area contributed by atoms with Gasteiger partial charge in [0, 0.05) is 23.3 Å². The zero-order chi connectivity index (χ0) is 11.5. The van der Waals surface area contributed by atoms with E-state index in [0.29, 0.717) is 5.02 Å². The Bertz CT molecular complexity index is 468. The molecule has 0 bridgehead atoms. The van der Waals surface area contributed by atoms with E-state index in [1.807, 2.05) is 25.1 Å². The van der Waals surface area contributed by atoms with Crippen molar-refractivity contribution in [1.29, 1.82) is 0 Å². The van der Waals surface area contributed by atoms with Gasteiger partial charge in [0.25, 0.3) is 0 Å². The first-order valence-electron chi connectivity index (χ1n) is 4.89. The molecule has 0 saturated heterocycles. The van der Waals surface area contributed by atoms with E-state index >= 15 is 0 Å². The molecule has 1 aromatic heterocycles. The number of hydrogen-bond donors (Lipinski definition) is 2. The number of nitrogens with two attached hydrogens (primary N) is 1. The van der Waals surface area contributed by atoms with Crippen molar-refractivity contribution < 1.29 is 0 Å². The monoisotopic (exact) mass is 253 g/mol. The Morgan fingerprint density at radius 1 is 1.50 bits per heavy atom. The molecule has 0 aliphatic heterocycles. The highest BCUT2D eigenvalue weighted by Crippen LogP contribution is 2.32. The van der Waals surface area contributed by atoms with Crippen LogP contribution in [0.15, 0.2) is 40.6 Å². The van der Waals surface area contributed by atoms with E-state index in [-0.39, 0.29) is 6.04 Å². The number of aromatic amines is 1. The Labute approximate surface area is 103 Å². The fraction of sp³-hybridized carbons (Fsp3) is 0.182. The van der Waals surface area contributed by atoms with Crippen LogP contribution >= 0.6 is 23.4 Å². The van der Waals surface area contributed by atoms with Gasteiger partial charge >= 0.3 is 0 Å². The van der Waals surface area contributed by atoms with E-state index in [0.717, 1.165) is 15.6 Å². The number of nitrogens with zero attached hydrogens (tertiary/aromatic N) is 1. The summed E-state index contributed by atoms with van der Waals surface area (Å²) < 4.78 is 0. The van der Waals surface area contributed by atoms with Gasteiger partial charge in [0.2, 0.25) is 0 Å². The first-order chi connectivity index (χ1) is 7.66. The van der Waals surface area contributed by atoms with Crippen LogP contribution in [-0.4, -0.2) is 9.97 Å². The smallest absolute Gasteiger partial charge is 0.170 e. The average molecular weight is 254 g/mol. The SMILES string of the molecule is CC(N)c1ccc(Sc2ncc[nH]2)c(Cl)c1. The minimum atomic E-state index is 0.000151. The molecule has 0 radical (unpaired) electrons. The molecule has 16 heavy (non-hydrogen) atoms. The van der Waals surface area contributed by atoms with E-state index in [1.54, 1.807) is 12.4 Å². The van der Waals surface area contributed by atoms with Crippen LogP contribution in [0, 0.1) is 0 Å². The standard InChI is InChI=1S/C11H12ClN3S/c1-7(13)8-2-3-10(9(12)6-8)16-11-14-4-5-15-11/h2-7H,13H2,1H3,(H,14,15). The Kier molecular flexibility index (Phi) is 3.53. The fourth-order valence-corrected chi connectivity index (χ4v) is 2.34. The minimum absolute atomic E-state index is 0.000151. The van der Waals surface area contributed by atoms with Crippen molar-refractivity contribution in [3.05, 3.63) is 41.2 Å². The zero-order valence-corrected chi connectivity index (χ0v) is 10.3. The zero-order valence-electron chi connectivity index (χ0n) is 8.77. The summed E-state index contributed by atoms with van der Waals surface area (Å²) in [6, 6.07) is 5.85. The van der Waals surface area contributed by atoms with Crippen molar-refractivity contribution >= 4 is 23.4 Å². The van der Waals surface area contributed by atoms with Crippen LogP contribution in [0.1, 0.15) is 18.5 Å². The Hall–Kier alpha value is -0.970. The molecule has 0 fully saturated rings. The first-order valence-corrected chi connectivity index (χ1v) is 6.08. The van der Waals surface area contributed by atoms with Gasteiger partial charge in [0.05, 0.1) is 5.02 Å². The highest BCUT2D eigenvalue weighted by Gasteiger charge is 2.07. The molecule has 1 unspecified atom stereocenters. The number of imidazole rings is 1. The number of nitrogens with one attached hydrogen (secondary N) is 1. The maximum absolute atomic E-state index is 6.17. The van der Waals surface area contributed by atoms with Crippen LogP contribution in [-0.2, 0) is 0 Å². The molecule has 2 rings (SSSR count). The van der Waals surface area contributed by atoms with Crippen molar-refractivity contribution in [2.45, 2.75) is 23.0 Å². The maximum Gasteiger partial charge on any atom is 0.170 e. The average Bonchev–Trinajstić information content (AvgIpc) is 2.73. The maximum atomic E-state index is 6.17. The summed E-state index contributed by atoms with van der Waals surface area (Å²) in [4.78, 5) is 8.13. The van der Waals surface area contributed by atoms with Crippen molar-refractivity contribution in [2.24, 2.45) is 5.73 Å². The van der Waals surface area contributed by atoms with E-state index in [9.17, 15) is 0 Å². The number of hydrogen-bond acceptors (Lipinski definition) is 3. The third-order valence-electron chi connectivity index (χ3n) is 2.16. The summed E-state index contributed by atoms with van der Waals surface area (Å²) in [6.07, 6.45) is 3.50. The molecule has 0 aliphatic carbocycles. The molecule has 0 saturated carbocycles. The fourth-order valence-electron chi connectivity index (χ4n) is 1.29. The molecule has 0 aliphatic rings. The predicted octanol–water partition coefficient (Wildman–Crippen LogP) is 3.23. The second kappa shape index (κ2) is 4.91. The second-order valence-corrected chi connectivity index (χ2v) is 4.91. The topological polar surface area (TPSA) is 54.7 Å². The van der Waals surface area contributed by atoms with Crippen LogP contribution in [0.4, 0.5) is 0 Å². The van der Waals surface area contributed by atoms with Crippen LogP contribution in [0.5, 0.6) is 0 Å². The van der Waals surface area contributed by atoms with Gasteiger partial charge in [-0.05, 0) is 24.6 Å². The minimum Gasteiger partial charge on any atom is -0.339 e. The molecule has 3 N–H and O–H groups in total. The molecule has 1 heterocycles. The molecular weight excluding hydrogens is 242 g/mol. The summed E-state index contributed by atoms with van der Waals surface area (Å²) in [5, 5.41) is 1.53. The lowest BCUT2D eigenvalue weighted by Gasteiger charge is -2.08. The molecule has 3 nitrogen and oxygen atoms in total. The van der Waals surface area contributed by atoms with Crippen molar-refractivity contribution in [3.8, 4) is 0 Å². The third-order valence-corrected chi connectivity index (χ3v) is 3.58. The number of halogens is 1. The normalized spacial score (nSPS) is 12.7. The molecule has 2 aromatic rings. The van der Waals surface area contributed by atoms with E-state index in [4.69, 9.17) is 17.3 Å². The molecule has 1 atom stereocenters. The Morgan fingerprint density at radius 2 is 2.31 bits per heavy atom. The number of rotatable bonds is 3. The molecule has 84 valence electrons. The molecular formula is C11H12ClN3S. The molecule has 0 amide bonds. The highest BCUT2D eigenvalue weighted by atomic mass is 35.5. The van der Waals surface area contributed by atoms with Gasteiger partial charge < -0.3 is 10.7 Å². The van der Waals surface area contributed by atoms with E-state index in [2.05, 4.69) is 9.97 Å². The van der Waals surface area contributed by atoms with E-state index in [1.165, 1.54) is 11.8 Å². The largest absolute Gasteiger partial charge is 0.339 e. The van der Waals surface area contributed by atoms with Crippen molar-refractivity contribution in [3.63, 3.8) is 0 Å². The van der Waals surface area contributed by atoms with Crippen molar-refractivity contribution in [2.75, 3.05) is 0 Å². The summed E-state index contributed by atoms with van der Waals surface area (Å²) in [5.41, 5.74) is 6.82. The molecule has 5 heteroatoms. The van der Waals surface area contributed by atoms with Gasteiger partial charge in [-0.25, -0.2) is 4.98 Å². The number of benzene rings is 1. The quantitative estimate of drug-likeness (QED) is 0.883. The summed E-state index contributed by atoms with van der Waals surface area (Å²) in [7, 11) is 0. The lowest BCUT2D eigenvalue weighted by Crippen LogP contribution is -2.04. The van der Waals surface area contributed by atoms with Crippen LogP contribution in [0.25, 0.3) is 0 Å². The van der Waals surface area contributed by atoms with Crippen LogP contribution < -0.4 is 5.73 Å². The molecule has 1 aromatic carbocycles. The third kappa shape index (κ3) is 2.58. The first kappa shape index (κ1) is 11.5. The van der Waals surface area contributed by atoms with Crippen molar-refractivity contribution in [1.82, 2.24) is 9.97 Å². The lowest BCUT2D eigenvalue weighted by molar-refractivity contribution is 0.817. The van der Waals surface area contributed by atoms with Gasteiger partial charge in [-0.1, -0.05) is 29.4 Å². The van der Waals surface area contributed by atoms with Gasteiger partial charge in [-0.2, -0.15) is 0 Å². The summed E-state index contributed by atoms with van der Waals surface area (Å²) >= 11 is 7.67. The second-order valence-electron chi connectivity index (χ2n) is 3.47. The van der Waals surface area contributed by atoms with Gasteiger partial charge in [0.1, 0.15) is 0 Å². The number of H-pyrrole nitrogens is 1. The van der Waals surface area contributed by atoms with Gasteiger partial charge in [-0.3, -0.25) is 0 Å². The summed E-state index contributed by atoms with van der Waals surface area (Å²) in [6.45, 7) is 1.94. The van der Waals surface area contributed by atoms with Gasteiger partial charge in [0.15, 0.2) is 5.16 Å². The Balaban J connectivity index is 2.23. The Morgan fingerprint density at radius 3 is 2.88 bits per heavy atom. The van der Waals surface area contributed by atoms with Crippen LogP contribution in [0.2, 0.25) is 5.02 Å². The molecule has 0 spiro atoms. The van der Waals surface area contributed by atoms with Gasteiger partial charge in [-0.15, -0.1) is 0 Å². The van der Waals surface area contributed by atoms with Crippen LogP contribution in [0.3, 0.4) is 0 Å². The predicted molar refractivity (Wildman–Crippen MR) is 66.8 cm³/mol.